The Balaban J connectivity index is 2.20. The summed E-state index contributed by atoms with van der Waals surface area (Å²) in [5.41, 5.74) is 5.93. The molecule has 2 N–H and O–H groups in total. The van der Waals surface area contributed by atoms with Gasteiger partial charge in [-0.1, -0.05) is 0 Å². The van der Waals surface area contributed by atoms with Gasteiger partial charge in [-0.15, -0.1) is 5.10 Å². The summed E-state index contributed by atoms with van der Waals surface area (Å²) in [5.74, 6) is -0.590. The lowest BCUT2D eigenvalue weighted by molar-refractivity contribution is 0.592. The SMILES string of the molecule is CS(=O)(=O)c1nc(N)n2nc(-c3ccc(F)cn3)nc2n1. The van der Waals surface area contributed by atoms with Crippen LogP contribution in [0.2, 0.25) is 0 Å². The van der Waals surface area contributed by atoms with Gasteiger partial charge in [-0.05, 0) is 12.1 Å². The van der Waals surface area contributed by atoms with Gasteiger partial charge < -0.3 is 5.73 Å². The standard InChI is InChI=1S/C10H8FN7O2S/c1-21(19,20)10-15-8(12)18-9(16-10)14-7(17-18)6-3-2-5(11)4-13-6/h2-4H,1H3,(H2,12,14,15,16,17). The second-order valence-electron chi connectivity index (χ2n) is 4.15. The number of rotatable bonds is 2. The van der Waals surface area contributed by atoms with Crippen molar-refractivity contribution >= 4 is 21.6 Å². The second-order valence-corrected chi connectivity index (χ2v) is 6.05. The summed E-state index contributed by atoms with van der Waals surface area (Å²) >= 11 is 0. The highest BCUT2D eigenvalue weighted by atomic mass is 32.2. The molecule has 9 nitrogen and oxygen atoms in total. The van der Waals surface area contributed by atoms with Crippen LogP contribution in [0, 0.1) is 5.82 Å². The highest BCUT2D eigenvalue weighted by Crippen LogP contribution is 2.15. The third kappa shape index (κ3) is 2.38. The minimum Gasteiger partial charge on any atom is -0.368 e. The number of nitrogen functional groups attached to an aromatic ring is 1. The zero-order valence-corrected chi connectivity index (χ0v) is 11.4. The first-order valence-corrected chi connectivity index (χ1v) is 7.46. The Morgan fingerprint density at radius 2 is 2.00 bits per heavy atom. The van der Waals surface area contributed by atoms with Crippen LogP contribution in [0.4, 0.5) is 10.3 Å². The average Bonchev–Trinajstić information content (AvgIpc) is 2.83. The van der Waals surface area contributed by atoms with Crippen molar-refractivity contribution < 1.29 is 12.8 Å². The third-order valence-electron chi connectivity index (χ3n) is 2.50. The molecule has 3 heterocycles. The van der Waals surface area contributed by atoms with Gasteiger partial charge in [0.05, 0.1) is 6.20 Å². The van der Waals surface area contributed by atoms with Crippen molar-refractivity contribution in [2.45, 2.75) is 5.16 Å². The predicted octanol–water partition coefficient (Wildman–Crippen LogP) is -0.294. The van der Waals surface area contributed by atoms with Crippen LogP contribution in [0.5, 0.6) is 0 Å². The molecular formula is C10H8FN7O2S. The van der Waals surface area contributed by atoms with Crippen LogP contribution in [-0.2, 0) is 9.84 Å². The van der Waals surface area contributed by atoms with Gasteiger partial charge in [0.2, 0.25) is 21.6 Å². The molecule has 0 unspecified atom stereocenters. The highest BCUT2D eigenvalue weighted by molar-refractivity contribution is 7.90. The average molecular weight is 309 g/mol. The second kappa shape index (κ2) is 4.41. The maximum absolute atomic E-state index is 12.8. The number of nitrogens with zero attached hydrogens (tertiary/aromatic N) is 6. The Labute approximate surface area is 117 Å². The van der Waals surface area contributed by atoms with E-state index in [1.165, 1.54) is 12.1 Å². The Kier molecular flexibility index (Phi) is 2.79. The molecule has 0 radical (unpaired) electrons. The Morgan fingerprint density at radius 3 is 2.62 bits per heavy atom. The largest absolute Gasteiger partial charge is 0.368 e. The molecule has 0 amide bonds. The van der Waals surface area contributed by atoms with E-state index in [4.69, 9.17) is 5.73 Å². The normalized spacial score (nSPS) is 11.9. The van der Waals surface area contributed by atoms with Gasteiger partial charge in [-0.3, -0.25) is 0 Å². The van der Waals surface area contributed by atoms with Gasteiger partial charge in [-0.2, -0.15) is 19.5 Å². The minimum atomic E-state index is -3.63. The van der Waals surface area contributed by atoms with Crippen LogP contribution in [0.25, 0.3) is 17.3 Å². The molecule has 11 heteroatoms. The van der Waals surface area contributed by atoms with Crippen molar-refractivity contribution in [2.75, 3.05) is 12.0 Å². The van der Waals surface area contributed by atoms with Crippen LogP contribution in [0.1, 0.15) is 0 Å². The van der Waals surface area contributed by atoms with E-state index in [0.717, 1.165) is 17.0 Å². The van der Waals surface area contributed by atoms with E-state index in [-0.39, 0.29) is 17.6 Å². The van der Waals surface area contributed by atoms with E-state index in [1.54, 1.807) is 0 Å². The molecule has 108 valence electrons. The maximum Gasteiger partial charge on any atom is 0.258 e. The van der Waals surface area contributed by atoms with Gasteiger partial charge in [0.15, 0.2) is 0 Å². The molecule has 0 atom stereocenters. The molecule has 0 aromatic carbocycles. The van der Waals surface area contributed by atoms with Crippen molar-refractivity contribution in [2.24, 2.45) is 0 Å². The topological polar surface area (TPSA) is 129 Å². The van der Waals surface area contributed by atoms with E-state index >= 15 is 0 Å². The molecule has 0 saturated heterocycles. The van der Waals surface area contributed by atoms with E-state index in [2.05, 4.69) is 25.0 Å². The fourth-order valence-electron chi connectivity index (χ4n) is 1.57. The molecule has 3 aromatic heterocycles. The predicted molar refractivity (Wildman–Crippen MR) is 69.3 cm³/mol. The van der Waals surface area contributed by atoms with Crippen LogP contribution < -0.4 is 5.73 Å². The number of aromatic nitrogens is 6. The quantitative estimate of drug-likeness (QED) is 0.683. The molecule has 3 rings (SSSR count). The molecule has 0 aliphatic carbocycles. The zero-order valence-electron chi connectivity index (χ0n) is 10.6. The first-order valence-electron chi connectivity index (χ1n) is 5.57. The van der Waals surface area contributed by atoms with E-state index in [9.17, 15) is 12.8 Å². The Morgan fingerprint density at radius 1 is 1.24 bits per heavy atom. The summed E-state index contributed by atoms with van der Waals surface area (Å²) in [7, 11) is -3.63. The van der Waals surface area contributed by atoms with E-state index < -0.39 is 20.8 Å². The van der Waals surface area contributed by atoms with Crippen molar-refractivity contribution in [3.05, 3.63) is 24.1 Å². The number of fused-ring (bicyclic) bond motifs is 1. The maximum atomic E-state index is 12.8. The van der Waals surface area contributed by atoms with Gasteiger partial charge in [0.1, 0.15) is 11.5 Å². The smallest absolute Gasteiger partial charge is 0.258 e. The summed E-state index contributed by atoms with van der Waals surface area (Å²) in [6.07, 6.45) is 1.97. The lowest BCUT2D eigenvalue weighted by Crippen LogP contribution is -2.11. The monoisotopic (exact) mass is 309 g/mol. The van der Waals surface area contributed by atoms with Crippen molar-refractivity contribution in [3.8, 4) is 11.5 Å². The lowest BCUT2D eigenvalue weighted by atomic mass is 10.3. The summed E-state index contributed by atoms with van der Waals surface area (Å²) in [4.78, 5) is 15.3. The summed E-state index contributed by atoms with van der Waals surface area (Å²) in [5, 5.41) is 3.57. The molecule has 0 aliphatic rings. The van der Waals surface area contributed by atoms with Crippen molar-refractivity contribution in [3.63, 3.8) is 0 Å². The van der Waals surface area contributed by atoms with Crippen molar-refractivity contribution in [1.29, 1.82) is 0 Å². The molecule has 0 spiro atoms. The third-order valence-corrected chi connectivity index (χ3v) is 3.35. The highest BCUT2D eigenvalue weighted by Gasteiger charge is 2.18. The van der Waals surface area contributed by atoms with Gasteiger partial charge >= 0.3 is 0 Å². The minimum absolute atomic E-state index is 0.0379. The number of sulfone groups is 1. The molecule has 0 bridgehead atoms. The van der Waals surface area contributed by atoms with E-state index in [1.807, 2.05) is 0 Å². The number of hydrogen-bond acceptors (Lipinski definition) is 8. The Hall–Kier alpha value is -2.69. The van der Waals surface area contributed by atoms with Crippen LogP contribution >= 0.6 is 0 Å². The lowest BCUT2D eigenvalue weighted by Gasteiger charge is -1.99. The molecule has 21 heavy (non-hydrogen) atoms. The number of hydrogen-bond donors (Lipinski definition) is 1. The summed E-state index contributed by atoms with van der Waals surface area (Å²) in [6.45, 7) is 0. The van der Waals surface area contributed by atoms with Gasteiger partial charge in [0.25, 0.3) is 10.9 Å². The molecule has 0 saturated carbocycles. The van der Waals surface area contributed by atoms with Gasteiger partial charge in [0, 0.05) is 6.26 Å². The zero-order chi connectivity index (χ0) is 15.2. The first kappa shape index (κ1) is 13.3. The first-order chi connectivity index (χ1) is 9.84. The number of nitrogens with two attached hydrogens (primary N) is 1. The van der Waals surface area contributed by atoms with Crippen LogP contribution in [0.15, 0.2) is 23.5 Å². The fourth-order valence-corrected chi connectivity index (χ4v) is 2.08. The molecule has 0 aliphatic heterocycles. The summed E-state index contributed by atoms with van der Waals surface area (Å²) < 4.78 is 36.8. The number of anilines is 1. The molecular weight excluding hydrogens is 301 g/mol. The van der Waals surface area contributed by atoms with Crippen molar-refractivity contribution in [1.82, 2.24) is 29.5 Å². The molecule has 0 fully saturated rings. The fraction of sp³-hybridized carbons (Fsp3) is 0.100. The number of halogens is 1. The van der Waals surface area contributed by atoms with Crippen LogP contribution in [-0.4, -0.2) is 44.2 Å². The number of pyridine rings is 1. The molecule has 3 aromatic rings. The Bertz CT molecular complexity index is 936. The van der Waals surface area contributed by atoms with E-state index in [0.29, 0.717) is 5.69 Å². The van der Waals surface area contributed by atoms with Crippen LogP contribution in [0.3, 0.4) is 0 Å². The van der Waals surface area contributed by atoms with Gasteiger partial charge in [-0.25, -0.2) is 17.8 Å². The summed E-state index contributed by atoms with van der Waals surface area (Å²) in [6, 6.07) is 2.58.